The van der Waals surface area contributed by atoms with Gasteiger partial charge >= 0.3 is 0 Å². The zero-order valence-corrected chi connectivity index (χ0v) is 10.3. The lowest BCUT2D eigenvalue weighted by atomic mass is 10.2. The van der Waals surface area contributed by atoms with Crippen LogP contribution in [0.3, 0.4) is 0 Å². The molecule has 0 aliphatic heterocycles. The molecule has 0 saturated heterocycles. The quantitative estimate of drug-likeness (QED) is 0.636. The van der Waals surface area contributed by atoms with E-state index in [1.807, 2.05) is 38.1 Å². The van der Waals surface area contributed by atoms with Gasteiger partial charge in [0.25, 0.3) is 5.91 Å². The summed E-state index contributed by atoms with van der Waals surface area (Å²) in [7, 11) is 0. The second-order valence-electron chi connectivity index (χ2n) is 4.05. The third kappa shape index (κ3) is 3.04. The molecule has 0 saturated carbocycles. The third-order valence-electron chi connectivity index (χ3n) is 2.40. The molecule has 0 aliphatic rings. The Labute approximate surface area is 105 Å². The molecule has 1 aromatic carbocycles. The van der Waals surface area contributed by atoms with Crippen LogP contribution in [-0.4, -0.2) is 22.3 Å². The Kier molecular flexibility index (Phi) is 3.52. The van der Waals surface area contributed by atoms with E-state index in [1.54, 1.807) is 12.3 Å². The van der Waals surface area contributed by atoms with E-state index >= 15 is 0 Å². The Hall–Kier alpha value is -2.43. The van der Waals surface area contributed by atoms with Crippen LogP contribution in [0, 0.1) is 13.8 Å². The van der Waals surface area contributed by atoms with Crippen molar-refractivity contribution in [1.82, 2.24) is 15.6 Å². The molecule has 0 unspecified atom stereocenters. The van der Waals surface area contributed by atoms with Gasteiger partial charge in [0.15, 0.2) is 5.69 Å². The smallest absolute Gasteiger partial charge is 0.282 e. The van der Waals surface area contributed by atoms with E-state index in [9.17, 15) is 4.79 Å². The average Bonchev–Trinajstić information content (AvgIpc) is 2.78. The largest absolute Gasteiger partial charge is 0.291 e. The second-order valence-corrected chi connectivity index (χ2v) is 4.05. The molecular weight excluding hydrogens is 228 g/mol. The SMILES string of the molecule is Cc1ccc(/C=N\NC(=O)c2cc(C)[nH]n2)cc1. The van der Waals surface area contributed by atoms with Crippen LogP contribution in [0.2, 0.25) is 0 Å². The summed E-state index contributed by atoms with van der Waals surface area (Å²) < 4.78 is 0. The summed E-state index contributed by atoms with van der Waals surface area (Å²) in [6.45, 7) is 3.85. The van der Waals surface area contributed by atoms with E-state index in [2.05, 4.69) is 20.7 Å². The highest BCUT2D eigenvalue weighted by Crippen LogP contribution is 2.00. The predicted octanol–water partition coefficient (Wildman–Crippen LogP) is 1.79. The summed E-state index contributed by atoms with van der Waals surface area (Å²) in [4.78, 5) is 11.6. The third-order valence-corrected chi connectivity index (χ3v) is 2.40. The van der Waals surface area contributed by atoms with Crippen LogP contribution in [0.1, 0.15) is 27.3 Å². The fraction of sp³-hybridized carbons (Fsp3) is 0.154. The Morgan fingerprint density at radius 2 is 2.06 bits per heavy atom. The number of rotatable bonds is 3. The van der Waals surface area contributed by atoms with Gasteiger partial charge in [0.1, 0.15) is 0 Å². The van der Waals surface area contributed by atoms with Crippen LogP contribution < -0.4 is 5.43 Å². The second kappa shape index (κ2) is 5.27. The molecule has 0 spiro atoms. The van der Waals surface area contributed by atoms with Gasteiger partial charge in [0.05, 0.1) is 6.21 Å². The number of H-pyrrole nitrogens is 1. The summed E-state index contributed by atoms with van der Waals surface area (Å²) in [5.41, 5.74) is 5.70. The number of aromatic amines is 1. The first-order chi connectivity index (χ1) is 8.65. The van der Waals surface area contributed by atoms with E-state index in [4.69, 9.17) is 0 Å². The highest BCUT2D eigenvalue weighted by Gasteiger charge is 2.06. The van der Waals surface area contributed by atoms with Crippen LogP contribution in [0.5, 0.6) is 0 Å². The number of hydrogen-bond donors (Lipinski definition) is 2. The molecule has 1 amide bonds. The topological polar surface area (TPSA) is 70.1 Å². The van der Waals surface area contributed by atoms with Gasteiger partial charge in [-0.05, 0) is 25.5 Å². The summed E-state index contributed by atoms with van der Waals surface area (Å²) in [6, 6.07) is 9.50. The van der Waals surface area contributed by atoms with Crippen LogP contribution in [0.15, 0.2) is 35.4 Å². The fourth-order valence-corrected chi connectivity index (χ4v) is 1.41. The first-order valence-electron chi connectivity index (χ1n) is 5.57. The molecular formula is C13H14N4O. The van der Waals surface area contributed by atoms with Crippen LogP contribution in [-0.2, 0) is 0 Å². The van der Waals surface area contributed by atoms with Crippen molar-refractivity contribution < 1.29 is 4.79 Å². The number of amides is 1. The van der Waals surface area contributed by atoms with Crippen molar-refractivity contribution in [2.45, 2.75) is 13.8 Å². The normalized spacial score (nSPS) is 10.8. The maximum absolute atomic E-state index is 11.6. The number of hydrazone groups is 1. The van der Waals surface area contributed by atoms with E-state index in [0.29, 0.717) is 5.69 Å². The lowest BCUT2D eigenvalue weighted by Gasteiger charge is -1.96. The predicted molar refractivity (Wildman–Crippen MR) is 69.6 cm³/mol. The molecule has 1 heterocycles. The first kappa shape index (κ1) is 12.0. The summed E-state index contributed by atoms with van der Waals surface area (Å²) in [5, 5.41) is 10.4. The van der Waals surface area contributed by atoms with Gasteiger partial charge in [0.2, 0.25) is 0 Å². The van der Waals surface area contributed by atoms with E-state index in [0.717, 1.165) is 11.3 Å². The lowest BCUT2D eigenvalue weighted by molar-refractivity contribution is 0.0950. The number of benzene rings is 1. The number of aromatic nitrogens is 2. The molecule has 0 aliphatic carbocycles. The van der Waals surface area contributed by atoms with Gasteiger partial charge in [-0.15, -0.1) is 0 Å². The molecule has 0 bridgehead atoms. The maximum atomic E-state index is 11.6. The number of carbonyl (C=O) groups excluding carboxylic acids is 1. The molecule has 0 atom stereocenters. The van der Waals surface area contributed by atoms with Crippen molar-refractivity contribution in [3.63, 3.8) is 0 Å². The lowest BCUT2D eigenvalue weighted by Crippen LogP contribution is -2.17. The minimum atomic E-state index is -0.331. The Morgan fingerprint density at radius 1 is 1.33 bits per heavy atom. The molecule has 18 heavy (non-hydrogen) atoms. The van der Waals surface area contributed by atoms with Crippen molar-refractivity contribution in [3.05, 3.63) is 52.8 Å². The van der Waals surface area contributed by atoms with Gasteiger partial charge in [0, 0.05) is 5.69 Å². The van der Waals surface area contributed by atoms with Gasteiger partial charge in [-0.25, -0.2) is 5.43 Å². The molecule has 5 heteroatoms. The molecule has 0 fully saturated rings. The van der Waals surface area contributed by atoms with Gasteiger partial charge in [-0.2, -0.15) is 10.2 Å². The fourth-order valence-electron chi connectivity index (χ4n) is 1.41. The number of nitrogens with one attached hydrogen (secondary N) is 2. The van der Waals surface area contributed by atoms with Crippen molar-refractivity contribution in [1.29, 1.82) is 0 Å². The molecule has 5 nitrogen and oxygen atoms in total. The summed E-state index contributed by atoms with van der Waals surface area (Å²) in [5.74, 6) is -0.331. The van der Waals surface area contributed by atoms with Crippen molar-refractivity contribution in [3.8, 4) is 0 Å². The van der Waals surface area contributed by atoms with Crippen LogP contribution in [0.4, 0.5) is 0 Å². The first-order valence-corrected chi connectivity index (χ1v) is 5.57. The Bertz CT molecular complexity index is 569. The van der Waals surface area contributed by atoms with E-state index in [1.165, 1.54) is 5.56 Å². The van der Waals surface area contributed by atoms with Gasteiger partial charge in [-0.1, -0.05) is 29.8 Å². The molecule has 0 radical (unpaired) electrons. The molecule has 2 aromatic rings. The van der Waals surface area contributed by atoms with Crippen molar-refractivity contribution >= 4 is 12.1 Å². The molecule has 2 N–H and O–H groups in total. The zero-order chi connectivity index (χ0) is 13.0. The summed E-state index contributed by atoms with van der Waals surface area (Å²) in [6.07, 6.45) is 1.59. The number of carbonyl (C=O) groups is 1. The summed E-state index contributed by atoms with van der Waals surface area (Å²) >= 11 is 0. The van der Waals surface area contributed by atoms with Crippen molar-refractivity contribution in [2.75, 3.05) is 0 Å². The number of nitrogens with zero attached hydrogens (tertiary/aromatic N) is 2. The Balaban J connectivity index is 1.95. The zero-order valence-electron chi connectivity index (χ0n) is 10.3. The standard InChI is InChI=1S/C13H14N4O/c1-9-3-5-11(6-4-9)8-14-17-13(18)12-7-10(2)15-16-12/h3-8H,1-2H3,(H,15,16)(H,17,18)/b14-8-. The Morgan fingerprint density at radius 3 is 2.67 bits per heavy atom. The monoisotopic (exact) mass is 242 g/mol. The highest BCUT2D eigenvalue weighted by molar-refractivity contribution is 5.93. The van der Waals surface area contributed by atoms with Gasteiger partial charge < -0.3 is 0 Å². The van der Waals surface area contributed by atoms with Gasteiger partial charge in [-0.3, -0.25) is 9.89 Å². The van der Waals surface area contributed by atoms with Crippen molar-refractivity contribution in [2.24, 2.45) is 5.10 Å². The van der Waals surface area contributed by atoms with Crippen LogP contribution >= 0.6 is 0 Å². The average molecular weight is 242 g/mol. The molecule has 2 rings (SSSR count). The number of hydrogen-bond acceptors (Lipinski definition) is 3. The van der Waals surface area contributed by atoms with E-state index < -0.39 is 0 Å². The van der Waals surface area contributed by atoms with Crippen LogP contribution in [0.25, 0.3) is 0 Å². The molecule has 92 valence electrons. The molecule has 1 aromatic heterocycles. The maximum Gasteiger partial charge on any atom is 0.291 e. The minimum absolute atomic E-state index is 0.327. The van der Waals surface area contributed by atoms with E-state index in [-0.39, 0.29) is 5.91 Å². The minimum Gasteiger partial charge on any atom is -0.282 e. The number of aryl methyl sites for hydroxylation is 2. The highest BCUT2D eigenvalue weighted by atomic mass is 16.2.